The van der Waals surface area contributed by atoms with Gasteiger partial charge in [-0.2, -0.15) is 0 Å². The molecule has 0 atom stereocenters. The second kappa shape index (κ2) is 5.05. The van der Waals surface area contributed by atoms with Gasteiger partial charge in [0.25, 0.3) is 0 Å². The number of allylic oxidation sites excluding steroid dienone is 1. The monoisotopic (exact) mass is 263 g/mol. The maximum Gasteiger partial charge on any atom is 0.130 e. The van der Waals surface area contributed by atoms with Gasteiger partial charge in [-0.25, -0.2) is 4.98 Å². The minimum Gasteiger partial charge on any atom is -0.236 e. The van der Waals surface area contributed by atoms with Crippen LogP contribution in [0.15, 0.2) is 11.6 Å². The summed E-state index contributed by atoms with van der Waals surface area (Å²) >= 11 is 6.15. The van der Waals surface area contributed by atoms with E-state index in [1.807, 2.05) is 6.07 Å². The first-order valence-corrected chi connectivity index (χ1v) is 7.19. The van der Waals surface area contributed by atoms with Crippen molar-refractivity contribution in [2.75, 3.05) is 0 Å². The summed E-state index contributed by atoms with van der Waals surface area (Å²) < 4.78 is 0. The molecular formula is C16H22ClN. The molecule has 0 bridgehead atoms. The van der Waals surface area contributed by atoms with Crippen molar-refractivity contribution < 1.29 is 0 Å². The van der Waals surface area contributed by atoms with Gasteiger partial charge in [0.15, 0.2) is 0 Å². The molecule has 0 radical (unpaired) electrons. The molecule has 2 heteroatoms. The van der Waals surface area contributed by atoms with Gasteiger partial charge < -0.3 is 0 Å². The quantitative estimate of drug-likeness (QED) is 0.686. The molecule has 1 aromatic rings. The first kappa shape index (κ1) is 13.6. The molecule has 0 N–H and O–H groups in total. The minimum absolute atomic E-state index is 0.130. The predicted molar refractivity (Wildman–Crippen MR) is 79.2 cm³/mol. The van der Waals surface area contributed by atoms with Gasteiger partial charge in [-0.1, -0.05) is 51.3 Å². The molecule has 1 heterocycles. The molecule has 0 unspecified atom stereocenters. The highest BCUT2D eigenvalue weighted by molar-refractivity contribution is 6.29. The van der Waals surface area contributed by atoms with Crippen LogP contribution in [0.2, 0.25) is 5.15 Å². The van der Waals surface area contributed by atoms with Crippen molar-refractivity contribution in [1.29, 1.82) is 0 Å². The van der Waals surface area contributed by atoms with Crippen molar-refractivity contribution >= 4 is 17.7 Å². The van der Waals surface area contributed by atoms with Crippen molar-refractivity contribution in [2.24, 2.45) is 0 Å². The maximum absolute atomic E-state index is 6.15. The normalized spacial score (nSPS) is 14.6. The van der Waals surface area contributed by atoms with E-state index in [9.17, 15) is 0 Å². The van der Waals surface area contributed by atoms with E-state index >= 15 is 0 Å². The van der Waals surface area contributed by atoms with Crippen molar-refractivity contribution in [3.05, 3.63) is 33.6 Å². The Kier molecular flexibility index (Phi) is 3.82. The number of rotatable bonds is 3. The van der Waals surface area contributed by atoms with Gasteiger partial charge in [0.2, 0.25) is 0 Å². The summed E-state index contributed by atoms with van der Waals surface area (Å²) in [4.78, 5) is 4.48. The largest absolute Gasteiger partial charge is 0.236 e. The highest BCUT2D eigenvalue weighted by atomic mass is 35.5. The third kappa shape index (κ3) is 2.77. The van der Waals surface area contributed by atoms with E-state index < -0.39 is 0 Å². The number of hydrogen-bond acceptors (Lipinski definition) is 1. The van der Waals surface area contributed by atoms with Crippen LogP contribution in [0, 0.1) is 0 Å². The zero-order valence-corrected chi connectivity index (χ0v) is 12.6. The minimum atomic E-state index is 0.130. The van der Waals surface area contributed by atoms with Gasteiger partial charge in [0.1, 0.15) is 5.15 Å². The van der Waals surface area contributed by atoms with Crippen LogP contribution in [0.3, 0.4) is 0 Å². The number of nitrogens with zero attached hydrogens (tertiary/aromatic N) is 1. The Morgan fingerprint density at radius 3 is 2.67 bits per heavy atom. The second-order valence-corrected chi connectivity index (χ2v) is 6.58. The van der Waals surface area contributed by atoms with E-state index in [0.29, 0.717) is 5.15 Å². The standard InChI is InChI=1S/C16H22ClN/c1-5-6-7-11-8-12-13(16(2,3)4)10-15(17)18-14(12)9-11/h9-10H,5-8H2,1-4H3. The van der Waals surface area contributed by atoms with Crippen LogP contribution in [0.4, 0.5) is 0 Å². The first-order chi connectivity index (χ1) is 8.41. The van der Waals surface area contributed by atoms with Gasteiger partial charge in [-0.05, 0) is 47.9 Å². The lowest BCUT2D eigenvalue weighted by atomic mass is 9.83. The van der Waals surface area contributed by atoms with Gasteiger partial charge in [0, 0.05) is 0 Å². The molecule has 0 amide bonds. The summed E-state index contributed by atoms with van der Waals surface area (Å²) in [5.41, 5.74) is 5.47. The number of aromatic nitrogens is 1. The zero-order valence-electron chi connectivity index (χ0n) is 11.8. The molecular weight excluding hydrogens is 242 g/mol. The molecule has 0 saturated heterocycles. The van der Waals surface area contributed by atoms with E-state index in [-0.39, 0.29) is 5.41 Å². The third-order valence-corrected chi connectivity index (χ3v) is 3.72. The number of halogens is 1. The summed E-state index contributed by atoms with van der Waals surface area (Å²) in [6.45, 7) is 8.95. The fourth-order valence-electron chi connectivity index (χ4n) is 2.57. The smallest absolute Gasteiger partial charge is 0.130 e. The molecule has 0 aromatic carbocycles. The van der Waals surface area contributed by atoms with Crippen LogP contribution >= 0.6 is 11.6 Å². The molecule has 2 rings (SSSR count). The Morgan fingerprint density at radius 2 is 2.06 bits per heavy atom. The van der Waals surface area contributed by atoms with Crippen LogP contribution in [0.1, 0.15) is 63.8 Å². The topological polar surface area (TPSA) is 12.9 Å². The van der Waals surface area contributed by atoms with Gasteiger partial charge in [0.05, 0.1) is 5.69 Å². The summed E-state index contributed by atoms with van der Waals surface area (Å²) in [6, 6.07) is 2.04. The fourth-order valence-corrected chi connectivity index (χ4v) is 2.77. The molecule has 1 aromatic heterocycles. The molecule has 98 valence electrons. The first-order valence-electron chi connectivity index (χ1n) is 6.81. The average Bonchev–Trinajstić information content (AvgIpc) is 2.66. The lowest BCUT2D eigenvalue weighted by molar-refractivity contribution is 0.582. The van der Waals surface area contributed by atoms with Crippen LogP contribution in [-0.4, -0.2) is 4.98 Å². The molecule has 18 heavy (non-hydrogen) atoms. The van der Waals surface area contributed by atoms with Crippen LogP contribution < -0.4 is 0 Å². The van der Waals surface area contributed by atoms with Crippen LogP contribution in [0.25, 0.3) is 6.08 Å². The van der Waals surface area contributed by atoms with Crippen molar-refractivity contribution in [2.45, 2.75) is 58.8 Å². The summed E-state index contributed by atoms with van der Waals surface area (Å²) in [5.74, 6) is 0. The predicted octanol–water partition coefficient (Wildman–Crippen LogP) is 5.16. The average molecular weight is 264 g/mol. The third-order valence-electron chi connectivity index (χ3n) is 3.53. The van der Waals surface area contributed by atoms with Crippen molar-refractivity contribution in [1.82, 2.24) is 4.98 Å². The zero-order chi connectivity index (χ0) is 13.3. The van der Waals surface area contributed by atoms with E-state index in [4.69, 9.17) is 11.6 Å². The van der Waals surface area contributed by atoms with E-state index in [2.05, 4.69) is 38.8 Å². The second-order valence-electron chi connectivity index (χ2n) is 6.19. The highest BCUT2D eigenvalue weighted by Gasteiger charge is 2.25. The Labute approximate surface area is 115 Å². The maximum atomic E-state index is 6.15. The van der Waals surface area contributed by atoms with Crippen molar-refractivity contribution in [3.8, 4) is 0 Å². The lowest BCUT2D eigenvalue weighted by Gasteiger charge is -2.23. The van der Waals surface area contributed by atoms with Crippen molar-refractivity contribution in [3.63, 3.8) is 0 Å². The molecule has 1 nitrogen and oxygen atoms in total. The van der Waals surface area contributed by atoms with E-state index in [1.165, 1.54) is 36.0 Å². The molecule has 1 aliphatic rings. The summed E-state index contributed by atoms with van der Waals surface area (Å²) in [6.07, 6.45) is 7.00. The van der Waals surface area contributed by atoms with Gasteiger partial charge >= 0.3 is 0 Å². The Bertz CT molecular complexity index is 481. The molecule has 0 aliphatic heterocycles. The van der Waals surface area contributed by atoms with E-state index in [1.54, 1.807) is 0 Å². The van der Waals surface area contributed by atoms with E-state index in [0.717, 1.165) is 12.1 Å². The van der Waals surface area contributed by atoms with Crippen LogP contribution in [0.5, 0.6) is 0 Å². The molecule has 1 aliphatic carbocycles. The Balaban J connectivity index is 2.35. The van der Waals surface area contributed by atoms with Gasteiger partial charge in [-0.15, -0.1) is 0 Å². The number of unbranched alkanes of at least 4 members (excludes halogenated alkanes) is 1. The Hall–Kier alpha value is -0.820. The summed E-state index contributed by atoms with van der Waals surface area (Å²) in [7, 11) is 0. The molecule has 0 fully saturated rings. The molecule has 0 saturated carbocycles. The lowest BCUT2D eigenvalue weighted by Crippen LogP contribution is -2.15. The van der Waals surface area contributed by atoms with Crippen LogP contribution in [-0.2, 0) is 11.8 Å². The Morgan fingerprint density at radius 1 is 1.33 bits per heavy atom. The highest BCUT2D eigenvalue weighted by Crippen LogP contribution is 2.36. The summed E-state index contributed by atoms with van der Waals surface area (Å²) in [5, 5.41) is 0.617. The SMILES string of the molecule is CCCCC1=Cc2nc(Cl)cc(C(C)(C)C)c2C1. The number of fused-ring (bicyclic) bond motifs is 1. The van der Waals surface area contributed by atoms with Gasteiger partial charge in [-0.3, -0.25) is 0 Å². The molecule has 0 spiro atoms. The number of pyridine rings is 1. The number of hydrogen-bond donors (Lipinski definition) is 0. The fraction of sp³-hybridized carbons (Fsp3) is 0.562.